The first kappa shape index (κ1) is 7.07. The van der Waals surface area contributed by atoms with Crippen LogP contribution >= 0.6 is 0 Å². The zero-order valence-corrected chi connectivity index (χ0v) is 7.07. The first-order valence-corrected chi connectivity index (χ1v) is 3.79. The van der Waals surface area contributed by atoms with Crippen molar-refractivity contribution in [2.45, 2.75) is 13.8 Å². The average Bonchev–Trinajstić information content (AvgIpc) is 2.44. The molecule has 0 radical (unpaired) electrons. The summed E-state index contributed by atoms with van der Waals surface area (Å²) in [6.45, 7) is 3.99. The van der Waals surface area contributed by atoms with E-state index in [9.17, 15) is 0 Å². The first-order valence-electron chi connectivity index (χ1n) is 3.79. The number of nitrogens with zero attached hydrogens (tertiary/aromatic N) is 3. The Kier molecular flexibility index (Phi) is 1.45. The summed E-state index contributed by atoms with van der Waals surface area (Å²) >= 11 is 0. The Morgan fingerprint density at radius 3 is 3.08 bits per heavy atom. The fraction of sp³-hybridized carbons (Fsp3) is 0.222. The van der Waals surface area contributed by atoms with Crippen LogP contribution in [0.3, 0.4) is 0 Å². The van der Waals surface area contributed by atoms with Crippen LogP contribution in [0.1, 0.15) is 19.7 Å². The van der Waals surface area contributed by atoms with Gasteiger partial charge in [0.05, 0.1) is 0 Å². The molecule has 2 rings (SSSR count). The Morgan fingerprint density at radius 2 is 2.25 bits per heavy atom. The van der Waals surface area contributed by atoms with Crippen LogP contribution in [0.4, 0.5) is 0 Å². The molecule has 0 bridgehead atoms. The molecule has 0 unspecified atom stereocenters. The highest BCUT2D eigenvalue weighted by atomic mass is 15.3. The average molecular weight is 159 g/mol. The highest BCUT2D eigenvalue weighted by molar-refractivity contribution is 5.61. The Bertz CT molecular complexity index is 403. The third-order valence-electron chi connectivity index (χ3n) is 1.75. The summed E-state index contributed by atoms with van der Waals surface area (Å²) < 4.78 is 1.77. The molecule has 0 fully saturated rings. The normalized spacial score (nSPS) is 14.8. The summed E-state index contributed by atoms with van der Waals surface area (Å²) in [5, 5.41) is 4.07. The van der Waals surface area contributed by atoms with E-state index in [0.717, 1.165) is 17.0 Å². The maximum atomic E-state index is 4.12. The number of rotatable bonds is 0. The molecule has 0 N–H and O–H groups in total. The minimum absolute atomic E-state index is 0.864. The predicted octanol–water partition coefficient (Wildman–Crippen LogP) is 1.71. The molecule has 3 nitrogen and oxygen atoms in total. The maximum absolute atomic E-state index is 4.12. The molecule has 1 aliphatic rings. The van der Waals surface area contributed by atoms with Gasteiger partial charge in [-0.25, -0.2) is 9.67 Å². The Hall–Kier alpha value is -1.60. The van der Waals surface area contributed by atoms with Crippen molar-refractivity contribution < 1.29 is 0 Å². The molecular formula is C9H9N3. The van der Waals surface area contributed by atoms with Gasteiger partial charge < -0.3 is 0 Å². The highest BCUT2D eigenvalue weighted by Crippen LogP contribution is 2.13. The van der Waals surface area contributed by atoms with Crippen LogP contribution in [0.5, 0.6) is 0 Å². The van der Waals surface area contributed by atoms with Gasteiger partial charge in [0, 0.05) is 11.8 Å². The molecule has 0 amide bonds. The van der Waals surface area contributed by atoms with Crippen molar-refractivity contribution in [2.75, 3.05) is 0 Å². The quantitative estimate of drug-likeness (QED) is 0.539. The zero-order chi connectivity index (χ0) is 8.55. The van der Waals surface area contributed by atoms with Gasteiger partial charge in [-0.1, -0.05) is 0 Å². The first-order chi connectivity index (χ1) is 5.77. The van der Waals surface area contributed by atoms with Gasteiger partial charge in [0.15, 0.2) is 5.82 Å². The van der Waals surface area contributed by atoms with Crippen LogP contribution in [-0.4, -0.2) is 14.8 Å². The molecule has 0 aromatic carbocycles. The van der Waals surface area contributed by atoms with Crippen LogP contribution in [0.15, 0.2) is 23.7 Å². The summed E-state index contributed by atoms with van der Waals surface area (Å²) in [5.41, 5.74) is 5.27. The summed E-state index contributed by atoms with van der Waals surface area (Å²) in [4.78, 5) is 4.12. The standard InChI is InChI=1S/C9H9N3/c1-7-3-4-8(2)9-10-6-11-12(9)5-7/h3,5-6H,1-2H3. The van der Waals surface area contributed by atoms with Crippen LogP contribution in [0, 0.1) is 0 Å². The molecule has 1 aliphatic heterocycles. The van der Waals surface area contributed by atoms with Gasteiger partial charge in [0.1, 0.15) is 6.33 Å². The van der Waals surface area contributed by atoms with E-state index in [2.05, 4.69) is 15.8 Å². The summed E-state index contributed by atoms with van der Waals surface area (Å²) in [5.74, 6) is 0.864. The molecule has 0 saturated heterocycles. The molecule has 1 aromatic rings. The molecule has 3 heteroatoms. The second kappa shape index (κ2) is 2.47. The molecule has 1 aromatic heterocycles. The molecule has 2 heterocycles. The van der Waals surface area contributed by atoms with Gasteiger partial charge in [-0.05, 0) is 25.5 Å². The third kappa shape index (κ3) is 1.00. The smallest absolute Gasteiger partial charge is 0.165 e. The molecule has 12 heavy (non-hydrogen) atoms. The monoisotopic (exact) mass is 159 g/mol. The van der Waals surface area contributed by atoms with Crippen LogP contribution in [0.25, 0.3) is 11.8 Å². The van der Waals surface area contributed by atoms with Gasteiger partial charge in [0.2, 0.25) is 0 Å². The third-order valence-corrected chi connectivity index (χ3v) is 1.75. The number of aromatic nitrogens is 3. The van der Waals surface area contributed by atoms with E-state index in [1.807, 2.05) is 26.1 Å². The lowest BCUT2D eigenvalue weighted by Crippen LogP contribution is -1.94. The molecule has 0 aliphatic carbocycles. The number of hydrogen-bond donors (Lipinski definition) is 0. The molecule has 0 saturated carbocycles. The van der Waals surface area contributed by atoms with E-state index >= 15 is 0 Å². The summed E-state index contributed by atoms with van der Waals surface area (Å²) in [7, 11) is 0. The van der Waals surface area contributed by atoms with Gasteiger partial charge in [-0.2, -0.15) is 5.10 Å². The SMILES string of the molecule is CC1=C=CC(C)=Cn2ncnc21. The van der Waals surface area contributed by atoms with E-state index in [1.165, 1.54) is 0 Å². The van der Waals surface area contributed by atoms with Crippen molar-refractivity contribution in [1.82, 2.24) is 14.8 Å². The van der Waals surface area contributed by atoms with Crippen molar-refractivity contribution in [2.24, 2.45) is 0 Å². The Labute approximate surface area is 70.7 Å². The van der Waals surface area contributed by atoms with Crippen molar-refractivity contribution >= 4 is 11.8 Å². The van der Waals surface area contributed by atoms with Crippen molar-refractivity contribution in [1.29, 1.82) is 0 Å². The lowest BCUT2D eigenvalue weighted by molar-refractivity contribution is 0.913. The number of hydrogen-bond acceptors (Lipinski definition) is 2. The molecular weight excluding hydrogens is 150 g/mol. The summed E-state index contributed by atoms with van der Waals surface area (Å²) in [6, 6.07) is 0. The molecule has 0 spiro atoms. The van der Waals surface area contributed by atoms with Gasteiger partial charge in [0.25, 0.3) is 0 Å². The van der Waals surface area contributed by atoms with Crippen LogP contribution in [-0.2, 0) is 0 Å². The fourth-order valence-electron chi connectivity index (χ4n) is 1.13. The van der Waals surface area contributed by atoms with Crippen molar-refractivity contribution in [3.8, 4) is 0 Å². The maximum Gasteiger partial charge on any atom is 0.165 e. The van der Waals surface area contributed by atoms with Gasteiger partial charge in [-0.15, -0.1) is 5.73 Å². The lowest BCUT2D eigenvalue weighted by atomic mass is 10.3. The van der Waals surface area contributed by atoms with E-state index < -0.39 is 0 Å². The topological polar surface area (TPSA) is 30.7 Å². The predicted molar refractivity (Wildman–Crippen MR) is 47.1 cm³/mol. The van der Waals surface area contributed by atoms with Crippen LogP contribution in [0.2, 0.25) is 0 Å². The summed E-state index contributed by atoms with van der Waals surface area (Å²) in [6.07, 6.45) is 5.42. The lowest BCUT2D eigenvalue weighted by Gasteiger charge is -1.95. The second-order valence-electron chi connectivity index (χ2n) is 2.82. The van der Waals surface area contributed by atoms with E-state index in [1.54, 1.807) is 11.0 Å². The van der Waals surface area contributed by atoms with E-state index in [-0.39, 0.29) is 0 Å². The highest BCUT2D eigenvalue weighted by Gasteiger charge is 2.05. The van der Waals surface area contributed by atoms with E-state index in [4.69, 9.17) is 0 Å². The van der Waals surface area contributed by atoms with Gasteiger partial charge >= 0.3 is 0 Å². The van der Waals surface area contributed by atoms with Crippen molar-refractivity contribution in [3.05, 3.63) is 29.5 Å². The molecule has 60 valence electrons. The minimum Gasteiger partial charge on any atom is -0.220 e. The minimum atomic E-state index is 0.864. The fourth-order valence-corrected chi connectivity index (χ4v) is 1.13. The number of fused-ring (bicyclic) bond motifs is 1. The Morgan fingerprint density at radius 1 is 1.42 bits per heavy atom. The van der Waals surface area contributed by atoms with Crippen LogP contribution < -0.4 is 0 Å². The Balaban J connectivity index is 2.71. The van der Waals surface area contributed by atoms with Gasteiger partial charge in [-0.3, -0.25) is 0 Å². The van der Waals surface area contributed by atoms with E-state index in [0.29, 0.717) is 0 Å². The largest absolute Gasteiger partial charge is 0.220 e. The second-order valence-corrected chi connectivity index (χ2v) is 2.82. The van der Waals surface area contributed by atoms with Crippen molar-refractivity contribution in [3.63, 3.8) is 0 Å². The number of allylic oxidation sites excluding steroid dienone is 2. The zero-order valence-electron chi connectivity index (χ0n) is 7.07. The molecule has 0 atom stereocenters.